The number of ether oxygens (including phenoxy) is 2. The monoisotopic (exact) mass is 335 g/mol. The van der Waals surface area contributed by atoms with Crippen LogP contribution in [0.3, 0.4) is 0 Å². The van der Waals surface area contributed by atoms with Gasteiger partial charge in [0.2, 0.25) is 0 Å². The fourth-order valence-electron chi connectivity index (χ4n) is 1.60. The van der Waals surface area contributed by atoms with Crippen LogP contribution in [0.2, 0.25) is 0 Å². The first-order chi connectivity index (χ1) is 10.5. The molecule has 22 heavy (non-hydrogen) atoms. The van der Waals surface area contributed by atoms with Crippen molar-refractivity contribution in [2.75, 3.05) is 39.7 Å². The quantitative estimate of drug-likeness (QED) is 0.339. The zero-order valence-corrected chi connectivity index (χ0v) is 14.0. The summed E-state index contributed by atoms with van der Waals surface area (Å²) < 4.78 is 33.8. The van der Waals surface area contributed by atoms with Crippen molar-refractivity contribution in [1.29, 1.82) is 0 Å². The lowest BCUT2D eigenvalue weighted by Gasteiger charge is -2.16. The van der Waals surface area contributed by atoms with Crippen LogP contribution in [0.15, 0.2) is 6.20 Å². The predicted octanol–water partition coefficient (Wildman–Crippen LogP) is 1.35. The summed E-state index contributed by atoms with van der Waals surface area (Å²) in [7, 11) is -1.79. The zero-order chi connectivity index (χ0) is 16.4. The summed E-state index contributed by atoms with van der Waals surface area (Å²) in [5, 5.41) is 7.44. The number of hydrogen-bond donors (Lipinski definition) is 0. The van der Waals surface area contributed by atoms with Gasteiger partial charge in [0, 0.05) is 0 Å². The Morgan fingerprint density at radius 3 is 2.55 bits per heavy atom. The van der Waals surface area contributed by atoms with Gasteiger partial charge in [0.1, 0.15) is 0 Å². The van der Waals surface area contributed by atoms with Crippen LogP contribution in [-0.2, 0) is 29.6 Å². The largest absolute Gasteiger partial charge is 0.464 e. The normalized spacial score (nSPS) is 11.6. The van der Waals surface area contributed by atoms with Crippen molar-refractivity contribution in [3.8, 4) is 0 Å². The number of aromatic nitrogens is 3. The fraction of sp³-hybridized carbons (Fsp3) is 0.750. The molecule has 0 fully saturated rings. The Morgan fingerprint density at radius 2 is 1.95 bits per heavy atom. The number of methoxy groups -OCH3 is 1. The van der Waals surface area contributed by atoms with Gasteiger partial charge in [0.15, 0.2) is 5.69 Å². The van der Waals surface area contributed by atoms with Crippen LogP contribution >= 0.6 is 7.60 Å². The van der Waals surface area contributed by atoms with Crippen LogP contribution in [-0.4, -0.2) is 60.7 Å². The molecular weight excluding hydrogens is 313 g/mol. The molecule has 9 nitrogen and oxygen atoms in total. The highest BCUT2D eigenvalue weighted by atomic mass is 31.2. The number of hydrogen-bond acceptors (Lipinski definition) is 8. The van der Waals surface area contributed by atoms with E-state index in [0.717, 1.165) is 0 Å². The summed E-state index contributed by atoms with van der Waals surface area (Å²) in [6.45, 7) is 5.17. The summed E-state index contributed by atoms with van der Waals surface area (Å²) in [5.74, 6) is -0.540. The molecule has 1 aromatic rings. The van der Waals surface area contributed by atoms with Gasteiger partial charge in [-0.3, -0.25) is 4.57 Å². The topological polar surface area (TPSA) is 102 Å². The molecule has 0 spiro atoms. The van der Waals surface area contributed by atoms with Gasteiger partial charge in [-0.25, -0.2) is 9.48 Å². The number of rotatable bonds is 11. The third-order valence-electron chi connectivity index (χ3n) is 2.56. The molecule has 1 heterocycles. The van der Waals surface area contributed by atoms with Crippen LogP contribution < -0.4 is 0 Å². The van der Waals surface area contributed by atoms with Crippen LogP contribution in [0, 0.1) is 0 Å². The first-order valence-electron chi connectivity index (χ1n) is 6.99. The van der Waals surface area contributed by atoms with Crippen molar-refractivity contribution < 1.29 is 27.9 Å². The summed E-state index contributed by atoms with van der Waals surface area (Å²) in [6, 6.07) is 0. The molecule has 0 bridgehead atoms. The number of carbonyl (C=O) groups is 1. The number of carbonyl (C=O) groups excluding carboxylic acids is 1. The zero-order valence-electron chi connectivity index (χ0n) is 13.1. The van der Waals surface area contributed by atoms with Crippen LogP contribution in [0.5, 0.6) is 0 Å². The lowest BCUT2D eigenvalue weighted by molar-refractivity contribution is 0.0593. The summed E-state index contributed by atoms with van der Waals surface area (Å²) in [6.07, 6.45) is 1.67. The van der Waals surface area contributed by atoms with E-state index < -0.39 is 13.6 Å². The number of nitrogens with zero attached hydrogens (tertiary/aromatic N) is 3. The van der Waals surface area contributed by atoms with Gasteiger partial charge in [-0.05, 0) is 13.8 Å². The van der Waals surface area contributed by atoms with Gasteiger partial charge in [0.25, 0.3) is 0 Å². The van der Waals surface area contributed by atoms with Crippen molar-refractivity contribution in [3.63, 3.8) is 0 Å². The second-order valence-corrected chi connectivity index (χ2v) is 6.33. The third kappa shape index (κ3) is 6.23. The molecule has 126 valence electrons. The Kier molecular flexibility index (Phi) is 8.26. The molecule has 0 saturated carbocycles. The van der Waals surface area contributed by atoms with Gasteiger partial charge < -0.3 is 18.5 Å². The van der Waals surface area contributed by atoms with Gasteiger partial charge in [-0.15, -0.1) is 5.10 Å². The van der Waals surface area contributed by atoms with E-state index in [0.29, 0.717) is 26.4 Å². The molecule has 0 aromatic carbocycles. The fourth-order valence-corrected chi connectivity index (χ4v) is 3.07. The van der Waals surface area contributed by atoms with E-state index in [2.05, 4.69) is 15.0 Å². The molecule has 0 aliphatic carbocycles. The minimum atomic E-state index is -3.07. The Bertz CT molecular complexity index is 497. The molecule has 0 radical (unpaired) electrons. The van der Waals surface area contributed by atoms with E-state index in [9.17, 15) is 9.36 Å². The molecule has 0 unspecified atom stereocenters. The van der Waals surface area contributed by atoms with Crippen molar-refractivity contribution >= 4 is 13.6 Å². The van der Waals surface area contributed by atoms with Gasteiger partial charge in [0.05, 0.1) is 52.4 Å². The maximum Gasteiger partial charge on any atom is 0.360 e. The minimum Gasteiger partial charge on any atom is -0.464 e. The Labute approximate surface area is 129 Å². The molecule has 0 aliphatic heterocycles. The van der Waals surface area contributed by atoms with Gasteiger partial charge >= 0.3 is 13.6 Å². The molecule has 1 rings (SSSR count). The first-order valence-corrected chi connectivity index (χ1v) is 8.71. The van der Waals surface area contributed by atoms with E-state index in [-0.39, 0.29) is 18.5 Å². The van der Waals surface area contributed by atoms with E-state index in [1.807, 2.05) is 0 Å². The van der Waals surface area contributed by atoms with E-state index in [4.69, 9.17) is 13.8 Å². The lowest BCUT2D eigenvalue weighted by atomic mass is 10.5. The molecule has 0 N–H and O–H groups in total. The standard InChI is InChI=1S/C12H22N3O6P/c1-4-20-22(17,21-5-2)9-8-19-7-6-15-10-11(13-14-15)12(16)18-3/h10H,4-9H2,1-3H3. The highest BCUT2D eigenvalue weighted by Crippen LogP contribution is 2.47. The third-order valence-corrected chi connectivity index (χ3v) is 4.59. The second kappa shape index (κ2) is 9.68. The van der Waals surface area contributed by atoms with Gasteiger partial charge in [-0.1, -0.05) is 5.21 Å². The average molecular weight is 335 g/mol. The van der Waals surface area contributed by atoms with Crippen molar-refractivity contribution in [1.82, 2.24) is 15.0 Å². The highest BCUT2D eigenvalue weighted by Gasteiger charge is 2.22. The molecule has 0 atom stereocenters. The molecule has 0 saturated heterocycles. The summed E-state index contributed by atoms with van der Waals surface area (Å²) >= 11 is 0. The predicted molar refractivity (Wildman–Crippen MR) is 77.9 cm³/mol. The van der Waals surface area contributed by atoms with Crippen molar-refractivity contribution in [2.24, 2.45) is 0 Å². The van der Waals surface area contributed by atoms with Crippen LogP contribution in [0.4, 0.5) is 0 Å². The molecule has 10 heteroatoms. The molecule has 1 aromatic heterocycles. The average Bonchev–Trinajstić information content (AvgIpc) is 2.95. The van der Waals surface area contributed by atoms with E-state index in [1.54, 1.807) is 13.8 Å². The first kappa shape index (κ1) is 18.8. The maximum atomic E-state index is 12.2. The number of esters is 1. The minimum absolute atomic E-state index is 0.139. The molecular formula is C12H22N3O6P. The summed E-state index contributed by atoms with van der Waals surface area (Å²) in [5.41, 5.74) is 0.139. The van der Waals surface area contributed by atoms with Crippen molar-refractivity contribution in [3.05, 3.63) is 11.9 Å². The molecule has 0 aliphatic rings. The van der Waals surface area contributed by atoms with Crippen LogP contribution in [0.1, 0.15) is 24.3 Å². The maximum absolute atomic E-state index is 12.2. The second-order valence-electron chi connectivity index (χ2n) is 4.14. The molecule has 0 amide bonds. The van der Waals surface area contributed by atoms with Crippen molar-refractivity contribution in [2.45, 2.75) is 20.4 Å². The van der Waals surface area contributed by atoms with E-state index in [1.165, 1.54) is 18.0 Å². The van der Waals surface area contributed by atoms with E-state index >= 15 is 0 Å². The highest BCUT2D eigenvalue weighted by molar-refractivity contribution is 7.53. The van der Waals surface area contributed by atoms with Gasteiger partial charge in [-0.2, -0.15) is 0 Å². The Balaban J connectivity index is 2.28. The summed E-state index contributed by atoms with van der Waals surface area (Å²) in [4.78, 5) is 11.2. The smallest absolute Gasteiger partial charge is 0.360 e. The van der Waals surface area contributed by atoms with Crippen LogP contribution in [0.25, 0.3) is 0 Å². The Morgan fingerprint density at radius 1 is 1.27 bits per heavy atom. The lowest BCUT2D eigenvalue weighted by Crippen LogP contribution is -2.11. The Hall–Kier alpha value is -1.28. The SMILES string of the molecule is CCOP(=O)(CCOCCn1cc(C(=O)OC)nn1)OCC.